The van der Waals surface area contributed by atoms with Crippen LogP contribution in [0.3, 0.4) is 0 Å². The van der Waals surface area contributed by atoms with Crippen molar-refractivity contribution in [3.05, 3.63) is 66.0 Å². The third-order valence-electron chi connectivity index (χ3n) is 3.63. The van der Waals surface area contributed by atoms with Crippen LogP contribution < -0.4 is 10.2 Å². The van der Waals surface area contributed by atoms with E-state index >= 15 is 0 Å². The molecule has 0 radical (unpaired) electrons. The number of amides is 1. The monoisotopic (exact) mass is 307 g/mol. The molecule has 3 aromatic rings. The predicted molar refractivity (Wildman–Crippen MR) is 91.0 cm³/mol. The highest BCUT2D eigenvalue weighted by Gasteiger charge is 2.05. The SMILES string of the molecule is COc1ccc2cc(/C(C)=N\NC(=O)c3ccc[nH]3)ccc2c1. The molecule has 2 N–H and O–H groups in total. The molecule has 0 saturated carbocycles. The van der Waals surface area contributed by atoms with E-state index in [1.165, 1.54) is 0 Å². The Morgan fingerprint density at radius 1 is 1.13 bits per heavy atom. The predicted octanol–water partition coefficient (Wildman–Crippen LogP) is 3.33. The topological polar surface area (TPSA) is 66.5 Å². The lowest BCUT2D eigenvalue weighted by molar-refractivity contribution is 0.0950. The minimum absolute atomic E-state index is 0.264. The van der Waals surface area contributed by atoms with Crippen LogP contribution in [0.1, 0.15) is 23.0 Å². The van der Waals surface area contributed by atoms with E-state index in [9.17, 15) is 4.79 Å². The number of fused-ring (bicyclic) bond motifs is 1. The summed E-state index contributed by atoms with van der Waals surface area (Å²) in [6.07, 6.45) is 1.70. The van der Waals surface area contributed by atoms with Gasteiger partial charge < -0.3 is 9.72 Å². The summed E-state index contributed by atoms with van der Waals surface area (Å²) < 4.78 is 5.23. The molecule has 0 atom stereocenters. The molecule has 1 heterocycles. The smallest absolute Gasteiger partial charge is 0.287 e. The average Bonchev–Trinajstić information content (AvgIpc) is 3.13. The maximum absolute atomic E-state index is 11.9. The van der Waals surface area contributed by atoms with Crippen LogP contribution in [-0.2, 0) is 0 Å². The molecular formula is C18H17N3O2. The molecule has 0 aliphatic heterocycles. The Morgan fingerprint density at radius 3 is 2.65 bits per heavy atom. The minimum Gasteiger partial charge on any atom is -0.497 e. The molecule has 0 fully saturated rings. The molecule has 5 heteroatoms. The molecule has 0 spiro atoms. The van der Waals surface area contributed by atoms with Crippen molar-refractivity contribution in [3.8, 4) is 5.75 Å². The van der Waals surface area contributed by atoms with Crippen LogP contribution in [0, 0.1) is 0 Å². The largest absolute Gasteiger partial charge is 0.497 e. The summed E-state index contributed by atoms with van der Waals surface area (Å²) >= 11 is 0. The van der Waals surface area contributed by atoms with Crippen molar-refractivity contribution in [2.24, 2.45) is 5.10 Å². The van der Waals surface area contributed by atoms with Crippen molar-refractivity contribution in [1.82, 2.24) is 10.4 Å². The summed E-state index contributed by atoms with van der Waals surface area (Å²) in [4.78, 5) is 14.7. The second-order valence-corrected chi connectivity index (χ2v) is 5.15. The highest BCUT2D eigenvalue weighted by Crippen LogP contribution is 2.22. The molecule has 5 nitrogen and oxygen atoms in total. The van der Waals surface area contributed by atoms with Crippen LogP contribution >= 0.6 is 0 Å². The molecule has 1 aromatic heterocycles. The fraction of sp³-hybridized carbons (Fsp3) is 0.111. The molecule has 0 unspecified atom stereocenters. The normalized spacial score (nSPS) is 11.5. The Bertz CT molecular complexity index is 867. The Hall–Kier alpha value is -3.08. The molecule has 1 amide bonds. The summed E-state index contributed by atoms with van der Waals surface area (Å²) in [6.45, 7) is 1.86. The number of hydrogen-bond donors (Lipinski definition) is 2. The van der Waals surface area contributed by atoms with E-state index in [1.807, 2.05) is 43.3 Å². The second-order valence-electron chi connectivity index (χ2n) is 5.15. The third kappa shape index (κ3) is 3.23. The van der Waals surface area contributed by atoms with Gasteiger partial charge in [-0.05, 0) is 53.6 Å². The van der Waals surface area contributed by atoms with Gasteiger partial charge in [0.25, 0.3) is 5.91 Å². The van der Waals surface area contributed by atoms with Gasteiger partial charge in [0.05, 0.1) is 12.8 Å². The summed E-state index contributed by atoms with van der Waals surface area (Å²) in [7, 11) is 1.65. The van der Waals surface area contributed by atoms with Gasteiger partial charge >= 0.3 is 0 Å². The fourth-order valence-electron chi connectivity index (χ4n) is 2.31. The number of nitrogens with one attached hydrogen (secondary N) is 2. The number of rotatable bonds is 4. The van der Waals surface area contributed by atoms with Crippen LogP contribution in [-0.4, -0.2) is 23.7 Å². The van der Waals surface area contributed by atoms with Gasteiger partial charge in [-0.15, -0.1) is 0 Å². The summed E-state index contributed by atoms with van der Waals surface area (Å²) in [5.74, 6) is 0.564. The number of benzene rings is 2. The molecule has 0 saturated heterocycles. The molecule has 0 aliphatic carbocycles. The molecule has 23 heavy (non-hydrogen) atoms. The van der Waals surface area contributed by atoms with Gasteiger partial charge in [0, 0.05) is 6.20 Å². The quantitative estimate of drug-likeness (QED) is 0.573. The van der Waals surface area contributed by atoms with Gasteiger partial charge in [-0.25, -0.2) is 5.43 Å². The molecular weight excluding hydrogens is 290 g/mol. The first-order chi connectivity index (χ1) is 11.2. The van der Waals surface area contributed by atoms with Crippen LogP contribution in [0.15, 0.2) is 59.8 Å². The van der Waals surface area contributed by atoms with Crippen LogP contribution in [0.25, 0.3) is 10.8 Å². The van der Waals surface area contributed by atoms with E-state index in [0.717, 1.165) is 27.8 Å². The van der Waals surface area contributed by atoms with Crippen LogP contribution in [0.4, 0.5) is 0 Å². The zero-order chi connectivity index (χ0) is 16.2. The lowest BCUT2D eigenvalue weighted by atomic mass is 10.0. The second kappa shape index (κ2) is 6.36. The lowest BCUT2D eigenvalue weighted by Crippen LogP contribution is -2.19. The van der Waals surface area contributed by atoms with Gasteiger partial charge in [0.15, 0.2) is 0 Å². The molecule has 3 rings (SSSR count). The van der Waals surface area contributed by atoms with Crippen LogP contribution in [0.5, 0.6) is 5.75 Å². The van der Waals surface area contributed by atoms with Gasteiger partial charge in [-0.2, -0.15) is 5.10 Å². The zero-order valence-electron chi connectivity index (χ0n) is 13.0. The van der Waals surface area contributed by atoms with Crippen molar-refractivity contribution in [2.75, 3.05) is 7.11 Å². The van der Waals surface area contributed by atoms with E-state index in [2.05, 4.69) is 15.5 Å². The van der Waals surface area contributed by atoms with Crippen LogP contribution in [0.2, 0.25) is 0 Å². The molecule has 116 valence electrons. The Balaban J connectivity index is 1.81. The molecule has 2 aromatic carbocycles. The van der Waals surface area contributed by atoms with E-state index in [4.69, 9.17) is 4.74 Å². The molecule has 0 bridgehead atoms. The van der Waals surface area contributed by atoms with Crippen molar-refractivity contribution in [1.29, 1.82) is 0 Å². The number of hydrogen-bond acceptors (Lipinski definition) is 3. The van der Waals surface area contributed by atoms with Crippen molar-refractivity contribution in [2.45, 2.75) is 6.92 Å². The number of aromatic amines is 1. The highest BCUT2D eigenvalue weighted by atomic mass is 16.5. The maximum atomic E-state index is 11.9. The van der Waals surface area contributed by atoms with E-state index in [-0.39, 0.29) is 5.91 Å². The number of nitrogens with zero attached hydrogens (tertiary/aromatic N) is 1. The average molecular weight is 307 g/mol. The van der Waals surface area contributed by atoms with Gasteiger partial charge in [0.2, 0.25) is 0 Å². The highest BCUT2D eigenvalue weighted by molar-refractivity contribution is 6.03. The lowest BCUT2D eigenvalue weighted by Gasteiger charge is -2.06. The summed E-state index contributed by atoms with van der Waals surface area (Å²) in [5, 5.41) is 6.35. The van der Waals surface area contributed by atoms with Gasteiger partial charge in [-0.1, -0.05) is 18.2 Å². The number of hydrazone groups is 1. The Kier molecular flexibility index (Phi) is 4.10. The summed E-state index contributed by atoms with van der Waals surface area (Å²) in [6, 6.07) is 15.4. The Morgan fingerprint density at radius 2 is 1.91 bits per heavy atom. The first-order valence-corrected chi connectivity index (χ1v) is 7.23. The number of carbonyl (C=O) groups excluding carboxylic acids is 1. The summed E-state index contributed by atoms with van der Waals surface area (Å²) in [5.41, 5.74) is 4.72. The fourth-order valence-corrected chi connectivity index (χ4v) is 2.31. The van der Waals surface area contributed by atoms with Crippen molar-refractivity contribution >= 4 is 22.4 Å². The standard InChI is InChI=1S/C18H17N3O2/c1-12(20-21-18(22)17-4-3-9-19-17)13-5-6-15-11-16(23-2)8-7-14(15)10-13/h3-11,19H,1-2H3,(H,21,22)/b20-12-. The van der Waals surface area contributed by atoms with E-state index < -0.39 is 0 Å². The van der Waals surface area contributed by atoms with Gasteiger partial charge in [-0.3, -0.25) is 4.79 Å². The van der Waals surface area contributed by atoms with E-state index in [0.29, 0.717) is 5.69 Å². The first kappa shape index (κ1) is 14.8. The maximum Gasteiger partial charge on any atom is 0.287 e. The van der Waals surface area contributed by atoms with Crippen molar-refractivity contribution < 1.29 is 9.53 Å². The zero-order valence-corrected chi connectivity index (χ0v) is 13.0. The number of H-pyrrole nitrogens is 1. The van der Waals surface area contributed by atoms with Gasteiger partial charge in [0.1, 0.15) is 11.4 Å². The minimum atomic E-state index is -0.264. The Labute approximate surface area is 134 Å². The third-order valence-corrected chi connectivity index (χ3v) is 3.63. The van der Waals surface area contributed by atoms with E-state index in [1.54, 1.807) is 25.4 Å². The number of aromatic nitrogens is 1. The first-order valence-electron chi connectivity index (χ1n) is 7.23. The number of ether oxygens (including phenoxy) is 1. The van der Waals surface area contributed by atoms with Crippen molar-refractivity contribution in [3.63, 3.8) is 0 Å². The number of carbonyl (C=O) groups is 1. The number of methoxy groups -OCH3 is 1. The molecule has 0 aliphatic rings.